The van der Waals surface area contributed by atoms with Crippen molar-refractivity contribution in [1.82, 2.24) is 9.38 Å². The lowest BCUT2D eigenvalue weighted by Crippen LogP contribution is -1.93. The number of aryl methyl sites for hydroxylation is 1. The molecule has 2 heteroatoms. The Balaban J connectivity index is 2.15. The number of terminal acetylenes is 1. The topological polar surface area (TPSA) is 17.3 Å². The predicted octanol–water partition coefficient (Wildman–Crippen LogP) is 5.11. The normalized spacial score (nSPS) is 11.3. The van der Waals surface area contributed by atoms with Gasteiger partial charge in [-0.05, 0) is 42.3 Å². The van der Waals surface area contributed by atoms with Crippen molar-refractivity contribution in [2.45, 2.75) is 6.92 Å². The van der Waals surface area contributed by atoms with Crippen molar-refractivity contribution in [3.8, 4) is 23.5 Å². The van der Waals surface area contributed by atoms with Gasteiger partial charge in [-0.15, -0.1) is 6.42 Å². The van der Waals surface area contributed by atoms with E-state index in [0.717, 1.165) is 22.6 Å². The van der Waals surface area contributed by atoms with Crippen molar-refractivity contribution in [3.05, 3.63) is 78.1 Å². The molecule has 2 heterocycles. The van der Waals surface area contributed by atoms with Gasteiger partial charge >= 0.3 is 0 Å². The van der Waals surface area contributed by atoms with Gasteiger partial charge in [0.05, 0.1) is 16.9 Å². The molecule has 0 unspecified atom stereocenters. The third-order valence-corrected chi connectivity index (χ3v) is 4.25. The van der Waals surface area contributed by atoms with Gasteiger partial charge in [0.1, 0.15) is 5.65 Å². The lowest BCUT2D eigenvalue weighted by molar-refractivity contribution is 1.23. The SMILES string of the molecule is C#C/C=C\c1c(C)nc2cc(-c3ccccc3)c3ccccc3n12. The number of nitrogens with zero attached hydrogens (tertiary/aromatic N) is 2. The summed E-state index contributed by atoms with van der Waals surface area (Å²) in [5.74, 6) is 2.56. The van der Waals surface area contributed by atoms with E-state index >= 15 is 0 Å². The molecule has 0 bridgehead atoms. The number of imidazole rings is 1. The molecule has 0 aliphatic carbocycles. The second kappa shape index (κ2) is 5.72. The number of para-hydroxylation sites is 1. The summed E-state index contributed by atoms with van der Waals surface area (Å²) in [6, 6.07) is 21.0. The zero-order chi connectivity index (χ0) is 16.5. The maximum Gasteiger partial charge on any atom is 0.138 e. The smallest absolute Gasteiger partial charge is 0.138 e. The molecule has 0 radical (unpaired) electrons. The Morgan fingerprint density at radius 3 is 2.58 bits per heavy atom. The van der Waals surface area contributed by atoms with Gasteiger partial charge < -0.3 is 0 Å². The molecule has 4 rings (SSSR count). The minimum Gasteiger partial charge on any atom is -0.293 e. The summed E-state index contributed by atoms with van der Waals surface area (Å²) < 4.78 is 2.17. The molecule has 0 amide bonds. The first-order valence-electron chi connectivity index (χ1n) is 7.88. The summed E-state index contributed by atoms with van der Waals surface area (Å²) in [6.45, 7) is 2.01. The minimum absolute atomic E-state index is 0.932. The Labute approximate surface area is 141 Å². The lowest BCUT2D eigenvalue weighted by Gasteiger charge is -2.10. The van der Waals surface area contributed by atoms with Crippen LogP contribution in [0, 0.1) is 19.3 Å². The van der Waals surface area contributed by atoms with Crippen molar-refractivity contribution in [2.75, 3.05) is 0 Å². The van der Waals surface area contributed by atoms with Crippen LogP contribution in [0.3, 0.4) is 0 Å². The zero-order valence-electron chi connectivity index (χ0n) is 13.4. The fourth-order valence-electron chi connectivity index (χ4n) is 3.20. The number of benzene rings is 2. The third-order valence-electron chi connectivity index (χ3n) is 4.25. The third kappa shape index (κ3) is 2.19. The standard InChI is InChI=1S/C22H16N2/c1-3-4-13-20-16(2)23-22-15-19(17-10-6-5-7-11-17)18-12-8-9-14-21(18)24(20)22/h1,4-15H,2H3/b13-4-. The van der Waals surface area contributed by atoms with Gasteiger partial charge in [0.25, 0.3) is 0 Å². The molecule has 4 aromatic rings. The van der Waals surface area contributed by atoms with E-state index in [4.69, 9.17) is 11.4 Å². The van der Waals surface area contributed by atoms with Crippen molar-refractivity contribution in [3.63, 3.8) is 0 Å². The highest BCUT2D eigenvalue weighted by atomic mass is 15.0. The van der Waals surface area contributed by atoms with Crippen LogP contribution < -0.4 is 0 Å². The molecule has 0 aliphatic heterocycles. The van der Waals surface area contributed by atoms with Crippen molar-refractivity contribution in [2.24, 2.45) is 0 Å². The number of hydrogen-bond donors (Lipinski definition) is 0. The van der Waals surface area contributed by atoms with E-state index in [2.05, 4.69) is 64.9 Å². The molecule has 0 aliphatic rings. The maximum absolute atomic E-state index is 5.39. The van der Waals surface area contributed by atoms with Crippen LogP contribution in [0.25, 0.3) is 33.8 Å². The Hall–Kier alpha value is -3.31. The summed E-state index contributed by atoms with van der Waals surface area (Å²) in [5, 5.41) is 1.20. The van der Waals surface area contributed by atoms with Gasteiger partial charge in [-0.3, -0.25) is 4.40 Å². The summed E-state index contributed by atoms with van der Waals surface area (Å²) >= 11 is 0. The van der Waals surface area contributed by atoms with Crippen LogP contribution in [-0.2, 0) is 0 Å². The molecule has 2 aromatic heterocycles. The number of hydrogen-bond acceptors (Lipinski definition) is 1. The van der Waals surface area contributed by atoms with E-state index in [1.807, 2.05) is 19.1 Å². The number of aromatic nitrogens is 2. The predicted molar refractivity (Wildman–Crippen MR) is 101 cm³/mol. The van der Waals surface area contributed by atoms with Crippen LogP contribution in [-0.4, -0.2) is 9.38 Å². The second-order valence-corrected chi connectivity index (χ2v) is 5.72. The molecular weight excluding hydrogens is 292 g/mol. The van der Waals surface area contributed by atoms with Crippen LogP contribution >= 0.6 is 0 Å². The number of fused-ring (bicyclic) bond motifs is 3. The van der Waals surface area contributed by atoms with Crippen molar-refractivity contribution in [1.29, 1.82) is 0 Å². The van der Waals surface area contributed by atoms with Gasteiger partial charge in [-0.2, -0.15) is 0 Å². The summed E-state index contributed by atoms with van der Waals surface area (Å²) in [4.78, 5) is 4.75. The molecule has 114 valence electrons. The molecular formula is C22H16N2. The fraction of sp³-hybridized carbons (Fsp3) is 0.0455. The lowest BCUT2D eigenvalue weighted by atomic mass is 10.0. The minimum atomic E-state index is 0.932. The van der Waals surface area contributed by atoms with Gasteiger partial charge in [0, 0.05) is 5.39 Å². The first-order chi connectivity index (χ1) is 11.8. The van der Waals surface area contributed by atoms with Crippen molar-refractivity contribution < 1.29 is 0 Å². The molecule has 0 atom stereocenters. The van der Waals surface area contributed by atoms with Gasteiger partial charge in [-0.25, -0.2) is 4.98 Å². The molecule has 0 fully saturated rings. The largest absolute Gasteiger partial charge is 0.293 e. The molecule has 0 N–H and O–H groups in total. The summed E-state index contributed by atoms with van der Waals surface area (Å²) in [6.07, 6.45) is 9.05. The van der Waals surface area contributed by atoms with Crippen LogP contribution in [0.1, 0.15) is 11.4 Å². The monoisotopic (exact) mass is 308 g/mol. The van der Waals surface area contributed by atoms with Crippen LogP contribution in [0.2, 0.25) is 0 Å². The molecule has 2 aromatic carbocycles. The molecule has 24 heavy (non-hydrogen) atoms. The number of rotatable bonds is 2. The van der Waals surface area contributed by atoms with Crippen molar-refractivity contribution >= 4 is 22.6 Å². The summed E-state index contributed by atoms with van der Waals surface area (Å²) in [7, 11) is 0. The zero-order valence-corrected chi connectivity index (χ0v) is 13.4. The van der Waals surface area contributed by atoms with E-state index in [0.29, 0.717) is 0 Å². The van der Waals surface area contributed by atoms with Gasteiger partial charge in [0.2, 0.25) is 0 Å². The van der Waals surface area contributed by atoms with Gasteiger partial charge in [-0.1, -0.05) is 54.5 Å². The average Bonchev–Trinajstić information content (AvgIpc) is 2.95. The maximum atomic E-state index is 5.39. The van der Waals surface area contributed by atoms with E-state index in [-0.39, 0.29) is 0 Å². The summed E-state index contributed by atoms with van der Waals surface area (Å²) in [5.41, 5.74) is 6.44. The molecule has 0 spiro atoms. The Morgan fingerprint density at radius 2 is 1.79 bits per heavy atom. The quantitative estimate of drug-likeness (QED) is 0.470. The fourth-order valence-corrected chi connectivity index (χ4v) is 3.20. The molecule has 2 nitrogen and oxygen atoms in total. The first kappa shape index (κ1) is 14.3. The molecule has 0 saturated carbocycles. The number of pyridine rings is 1. The van der Waals surface area contributed by atoms with E-state index in [9.17, 15) is 0 Å². The average molecular weight is 308 g/mol. The van der Waals surface area contributed by atoms with Gasteiger partial charge in [0.15, 0.2) is 0 Å². The Bertz CT molecular complexity index is 1110. The van der Waals surface area contributed by atoms with E-state index in [1.165, 1.54) is 16.5 Å². The van der Waals surface area contributed by atoms with Crippen LogP contribution in [0.4, 0.5) is 0 Å². The Kier molecular flexibility index (Phi) is 3.40. The van der Waals surface area contributed by atoms with Crippen LogP contribution in [0.15, 0.2) is 66.7 Å². The highest BCUT2D eigenvalue weighted by Gasteiger charge is 2.13. The highest BCUT2D eigenvalue weighted by molar-refractivity contribution is 5.97. The Morgan fingerprint density at radius 1 is 1.04 bits per heavy atom. The highest BCUT2D eigenvalue weighted by Crippen LogP contribution is 2.31. The van der Waals surface area contributed by atoms with Crippen LogP contribution in [0.5, 0.6) is 0 Å². The second-order valence-electron chi connectivity index (χ2n) is 5.72. The van der Waals surface area contributed by atoms with E-state index in [1.54, 1.807) is 6.08 Å². The molecule has 0 saturated heterocycles. The number of allylic oxidation sites excluding steroid dienone is 1. The first-order valence-corrected chi connectivity index (χ1v) is 7.88. The van der Waals surface area contributed by atoms with E-state index < -0.39 is 0 Å².